The largest absolute Gasteiger partial charge is 0.349 e. The first-order valence-corrected chi connectivity index (χ1v) is 5.64. The highest BCUT2D eigenvalue weighted by Crippen LogP contribution is 2.33. The summed E-state index contributed by atoms with van der Waals surface area (Å²) in [5.74, 6) is -4.27. The monoisotopic (exact) mass is 275 g/mol. The van der Waals surface area contributed by atoms with Crippen LogP contribution in [0.3, 0.4) is 0 Å². The van der Waals surface area contributed by atoms with Gasteiger partial charge < -0.3 is 0 Å². The van der Waals surface area contributed by atoms with Gasteiger partial charge in [-0.1, -0.05) is 20.8 Å². The molecule has 0 radical (unpaired) electrons. The van der Waals surface area contributed by atoms with Crippen LogP contribution in [0.1, 0.15) is 32.2 Å². The van der Waals surface area contributed by atoms with Crippen molar-refractivity contribution in [2.75, 3.05) is 0 Å². The fourth-order valence-corrected chi connectivity index (χ4v) is 1.55. The van der Waals surface area contributed by atoms with Gasteiger partial charge in [-0.25, -0.2) is 18.7 Å². The molecule has 19 heavy (non-hydrogen) atoms. The number of halogens is 4. The van der Waals surface area contributed by atoms with Crippen LogP contribution in [0, 0.1) is 0 Å². The summed E-state index contributed by atoms with van der Waals surface area (Å²) in [4.78, 5) is 7.55. The Bertz CT molecular complexity index is 599. The van der Waals surface area contributed by atoms with Gasteiger partial charge in [0.05, 0.1) is 5.69 Å². The van der Waals surface area contributed by atoms with Crippen LogP contribution in [0.15, 0.2) is 18.6 Å². The van der Waals surface area contributed by atoms with Crippen molar-refractivity contribution >= 4 is 5.65 Å². The Hall–Kier alpha value is -1.66. The molecule has 0 unspecified atom stereocenters. The second kappa shape index (κ2) is 4.18. The number of aromatic nitrogens is 3. The van der Waals surface area contributed by atoms with E-state index in [0.29, 0.717) is 5.69 Å². The highest BCUT2D eigenvalue weighted by Gasteiger charge is 2.44. The molecule has 2 aromatic rings. The lowest BCUT2D eigenvalue weighted by Gasteiger charge is -2.14. The van der Waals surface area contributed by atoms with Crippen LogP contribution in [-0.4, -0.2) is 20.8 Å². The molecule has 2 heterocycles. The van der Waals surface area contributed by atoms with Crippen LogP contribution in [0.5, 0.6) is 0 Å². The summed E-state index contributed by atoms with van der Waals surface area (Å²) in [6, 6.07) is 0.890. The Morgan fingerprint density at radius 2 is 1.79 bits per heavy atom. The third-order valence-electron chi connectivity index (χ3n) is 2.73. The standard InChI is InChI=1S/C12H13F4N3/c1-11(2,3)8-5-19-6-17-7(4-9(19)18-8)12(15,16)10(13)14/h4-6,10H,1-3H3. The van der Waals surface area contributed by atoms with Crippen LogP contribution >= 0.6 is 0 Å². The maximum Gasteiger partial charge on any atom is 0.349 e. The molecule has 104 valence electrons. The molecule has 0 atom stereocenters. The molecule has 2 aromatic heterocycles. The fraction of sp³-hybridized carbons (Fsp3) is 0.500. The number of rotatable bonds is 2. The number of alkyl halides is 4. The van der Waals surface area contributed by atoms with Crippen LogP contribution in [0.4, 0.5) is 17.6 Å². The molecular formula is C12H13F4N3. The van der Waals surface area contributed by atoms with Gasteiger partial charge in [-0.2, -0.15) is 8.78 Å². The van der Waals surface area contributed by atoms with Crippen molar-refractivity contribution in [3.63, 3.8) is 0 Å². The van der Waals surface area contributed by atoms with Crippen molar-refractivity contribution in [2.24, 2.45) is 0 Å². The summed E-state index contributed by atoms with van der Waals surface area (Å²) in [6.07, 6.45) is -1.07. The molecular weight excluding hydrogens is 262 g/mol. The van der Waals surface area contributed by atoms with E-state index < -0.39 is 18.0 Å². The van der Waals surface area contributed by atoms with E-state index >= 15 is 0 Å². The van der Waals surface area contributed by atoms with E-state index in [1.165, 1.54) is 4.40 Å². The van der Waals surface area contributed by atoms with Gasteiger partial charge in [0, 0.05) is 17.7 Å². The van der Waals surface area contributed by atoms with Gasteiger partial charge >= 0.3 is 12.3 Å². The molecule has 7 heteroatoms. The maximum atomic E-state index is 13.2. The number of hydrogen-bond acceptors (Lipinski definition) is 2. The van der Waals surface area contributed by atoms with E-state index in [2.05, 4.69) is 9.97 Å². The normalized spacial score (nSPS) is 13.5. The first kappa shape index (κ1) is 13.8. The van der Waals surface area contributed by atoms with E-state index in [1.807, 2.05) is 20.8 Å². The van der Waals surface area contributed by atoms with E-state index in [-0.39, 0.29) is 11.1 Å². The second-order valence-electron chi connectivity index (χ2n) is 5.34. The van der Waals surface area contributed by atoms with Gasteiger partial charge in [0.2, 0.25) is 0 Å². The Morgan fingerprint density at radius 1 is 1.16 bits per heavy atom. The van der Waals surface area contributed by atoms with Crippen LogP contribution in [0.2, 0.25) is 0 Å². The highest BCUT2D eigenvalue weighted by molar-refractivity contribution is 5.42. The lowest BCUT2D eigenvalue weighted by Crippen LogP contribution is -2.25. The summed E-state index contributed by atoms with van der Waals surface area (Å²) in [5, 5.41) is 0. The maximum absolute atomic E-state index is 13.2. The smallest absolute Gasteiger partial charge is 0.290 e. The molecule has 0 amide bonds. The van der Waals surface area contributed by atoms with Crippen molar-refractivity contribution in [3.05, 3.63) is 30.0 Å². The summed E-state index contributed by atoms with van der Waals surface area (Å²) in [7, 11) is 0. The zero-order valence-electron chi connectivity index (χ0n) is 10.7. The fourth-order valence-electron chi connectivity index (χ4n) is 1.55. The average Bonchev–Trinajstić information content (AvgIpc) is 2.70. The zero-order chi connectivity index (χ0) is 14.4. The Morgan fingerprint density at radius 3 is 2.32 bits per heavy atom. The molecule has 0 aliphatic rings. The van der Waals surface area contributed by atoms with Crippen LogP contribution < -0.4 is 0 Å². The average molecular weight is 275 g/mol. The Kier molecular flexibility index (Phi) is 3.03. The molecule has 0 fully saturated rings. The lowest BCUT2D eigenvalue weighted by molar-refractivity contribution is -0.138. The summed E-state index contributed by atoms with van der Waals surface area (Å²) in [5.41, 5.74) is -0.389. The number of imidazole rings is 1. The third-order valence-corrected chi connectivity index (χ3v) is 2.73. The molecule has 0 N–H and O–H groups in total. The van der Waals surface area contributed by atoms with Crippen molar-refractivity contribution in [2.45, 2.75) is 38.5 Å². The van der Waals surface area contributed by atoms with Gasteiger partial charge in [-0.05, 0) is 0 Å². The van der Waals surface area contributed by atoms with Crippen molar-refractivity contribution in [1.29, 1.82) is 0 Å². The molecule has 0 saturated heterocycles. The van der Waals surface area contributed by atoms with Gasteiger partial charge in [-0.15, -0.1) is 0 Å². The molecule has 0 aromatic carbocycles. The first-order valence-electron chi connectivity index (χ1n) is 5.64. The zero-order valence-corrected chi connectivity index (χ0v) is 10.7. The molecule has 0 saturated carbocycles. The summed E-state index contributed by atoms with van der Waals surface area (Å²) in [6.45, 7) is 5.74. The minimum Gasteiger partial charge on any atom is -0.290 e. The van der Waals surface area contributed by atoms with Gasteiger partial charge in [0.25, 0.3) is 0 Å². The van der Waals surface area contributed by atoms with Crippen LogP contribution in [0.25, 0.3) is 5.65 Å². The van der Waals surface area contributed by atoms with E-state index in [0.717, 1.165) is 12.4 Å². The van der Waals surface area contributed by atoms with Gasteiger partial charge in [-0.3, -0.25) is 4.40 Å². The molecule has 0 spiro atoms. The van der Waals surface area contributed by atoms with Crippen molar-refractivity contribution in [1.82, 2.24) is 14.4 Å². The van der Waals surface area contributed by atoms with Crippen LogP contribution in [-0.2, 0) is 11.3 Å². The van der Waals surface area contributed by atoms with E-state index in [1.54, 1.807) is 6.20 Å². The van der Waals surface area contributed by atoms with Gasteiger partial charge in [0.1, 0.15) is 17.7 Å². The summed E-state index contributed by atoms with van der Waals surface area (Å²) >= 11 is 0. The molecule has 3 nitrogen and oxygen atoms in total. The number of hydrogen-bond donors (Lipinski definition) is 0. The van der Waals surface area contributed by atoms with Crippen molar-refractivity contribution < 1.29 is 17.6 Å². The van der Waals surface area contributed by atoms with Crippen molar-refractivity contribution in [3.8, 4) is 0 Å². The first-order chi connectivity index (χ1) is 8.62. The summed E-state index contributed by atoms with van der Waals surface area (Å²) < 4.78 is 52.4. The van der Waals surface area contributed by atoms with E-state index in [9.17, 15) is 17.6 Å². The predicted octanol–water partition coefficient (Wildman–Crippen LogP) is 3.38. The number of fused-ring (bicyclic) bond motifs is 1. The minimum atomic E-state index is -4.27. The number of nitrogens with zero attached hydrogens (tertiary/aromatic N) is 3. The predicted molar refractivity (Wildman–Crippen MR) is 61.6 cm³/mol. The lowest BCUT2D eigenvalue weighted by atomic mass is 9.93. The topological polar surface area (TPSA) is 30.2 Å². The molecule has 0 aliphatic carbocycles. The highest BCUT2D eigenvalue weighted by atomic mass is 19.3. The van der Waals surface area contributed by atoms with E-state index in [4.69, 9.17) is 0 Å². The second-order valence-corrected chi connectivity index (χ2v) is 5.34. The molecule has 0 aliphatic heterocycles. The quantitative estimate of drug-likeness (QED) is 0.786. The Labute approximate surface area is 107 Å². The Balaban J connectivity index is 2.53. The molecule has 0 bridgehead atoms. The third kappa shape index (κ3) is 2.41. The minimum absolute atomic E-state index is 0.176. The molecule has 2 rings (SSSR count). The van der Waals surface area contributed by atoms with Gasteiger partial charge in [0.15, 0.2) is 0 Å². The SMILES string of the molecule is CC(C)(C)c1cn2cnc(C(F)(F)C(F)F)cc2n1.